The number of benzene rings is 1. The van der Waals surface area contributed by atoms with Crippen LogP contribution in [0.1, 0.15) is 67.0 Å². The van der Waals surface area contributed by atoms with Gasteiger partial charge in [0.1, 0.15) is 30.4 Å². The van der Waals surface area contributed by atoms with Crippen LogP contribution in [-0.4, -0.2) is 76.6 Å². The molecule has 1 aromatic heterocycles. The zero-order chi connectivity index (χ0) is 36.2. The minimum absolute atomic E-state index is 0.00490. The summed E-state index contributed by atoms with van der Waals surface area (Å²) >= 11 is 5.68. The Labute approximate surface area is 298 Å². The van der Waals surface area contributed by atoms with E-state index in [-0.39, 0.29) is 40.7 Å². The predicted octanol–water partition coefficient (Wildman–Crippen LogP) is 7.49. The van der Waals surface area contributed by atoms with E-state index >= 15 is 0 Å². The van der Waals surface area contributed by atoms with Crippen LogP contribution in [0.3, 0.4) is 0 Å². The van der Waals surface area contributed by atoms with Crippen molar-refractivity contribution < 1.29 is 27.9 Å². The van der Waals surface area contributed by atoms with Crippen LogP contribution in [0.4, 0.5) is 16.3 Å². The first kappa shape index (κ1) is 39.2. The van der Waals surface area contributed by atoms with Crippen LogP contribution in [0.2, 0.25) is 36.3 Å². The van der Waals surface area contributed by atoms with E-state index in [4.69, 9.17) is 34.7 Å². The van der Waals surface area contributed by atoms with Gasteiger partial charge in [-0.1, -0.05) is 47.6 Å². The molecule has 3 atom stereocenters. The maximum atomic E-state index is 13.5. The topological polar surface area (TPSA) is 134 Å². The first-order valence-corrected chi connectivity index (χ1v) is 23.6. The number of halogens is 1. The molecule has 0 spiro atoms. The highest BCUT2D eigenvalue weighted by Gasteiger charge is 2.47. The fourth-order valence-electron chi connectivity index (χ4n) is 4.91. The van der Waals surface area contributed by atoms with Crippen molar-refractivity contribution in [3.8, 4) is 17.2 Å². The molecule has 12 nitrogen and oxygen atoms in total. The summed E-state index contributed by atoms with van der Waals surface area (Å²) in [6.45, 7) is 23.7. The summed E-state index contributed by atoms with van der Waals surface area (Å²) in [4.78, 5) is 29.8. The number of ether oxygens (including phenoxy) is 3. The summed E-state index contributed by atoms with van der Waals surface area (Å²) in [7, 11) is -4.22. The molecule has 0 aliphatic carbocycles. The van der Waals surface area contributed by atoms with E-state index in [1.807, 2.05) is 12.1 Å². The van der Waals surface area contributed by atoms with Gasteiger partial charge in [-0.3, -0.25) is 4.57 Å². The number of anilines is 2. The summed E-state index contributed by atoms with van der Waals surface area (Å²) in [5.74, 6) is 2.28. The number of fused-ring (bicyclic) bond motifs is 2. The monoisotopic (exact) mass is 737 g/mol. The predicted molar refractivity (Wildman–Crippen MR) is 199 cm³/mol. The maximum absolute atomic E-state index is 13.5. The number of nitrogens with one attached hydrogen (secondary N) is 3. The molecule has 2 aliphatic rings. The Morgan fingerprint density at radius 3 is 2.41 bits per heavy atom. The SMILES string of the molecule is CC(C)(C)[Si](C)(C)OC[C@H]1O[C@@H](n2cc3c(nc2=O)Nc2c(OCCNC(=O)NCCCCCl)cccc2O3)C[C@@H]1O[Si](C)(C)C(C)(C)C. The minimum Gasteiger partial charge on any atom is -0.489 e. The fourth-order valence-corrected chi connectivity index (χ4v) is 7.48. The molecule has 274 valence electrons. The van der Waals surface area contributed by atoms with Gasteiger partial charge in [-0.05, 0) is 61.2 Å². The molecule has 2 amide bonds. The van der Waals surface area contributed by atoms with Crippen LogP contribution >= 0.6 is 11.6 Å². The van der Waals surface area contributed by atoms with E-state index in [9.17, 15) is 9.59 Å². The highest BCUT2D eigenvalue weighted by atomic mass is 35.5. The van der Waals surface area contributed by atoms with Crippen LogP contribution in [0.15, 0.2) is 29.2 Å². The summed E-state index contributed by atoms with van der Waals surface area (Å²) in [6, 6.07) is 5.15. The largest absolute Gasteiger partial charge is 0.489 e. The van der Waals surface area contributed by atoms with Gasteiger partial charge in [0.2, 0.25) is 0 Å². The Morgan fingerprint density at radius 2 is 1.73 bits per heavy atom. The Hall–Kier alpha value is -2.63. The Morgan fingerprint density at radius 1 is 1.04 bits per heavy atom. The average molecular weight is 738 g/mol. The average Bonchev–Trinajstić information content (AvgIpc) is 3.39. The van der Waals surface area contributed by atoms with Gasteiger partial charge >= 0.3 is 11.7 Å². The molecule has 15 heteroatoms. The number of aromatic nitrogens is 2. The molecular formula is C34H56ClN5O7Si2. The molecule has 0 unspecified atom stereocenters. The lowest BCUT2D eigenvalue weighted by Crippen LogP contribution is -2.48. The van der Waals surface area contributed by atoms with E-state index in [2.05, 4.69) is 88.7 Å². The first-order valence-electron chi connectivity index (χ1n) is 17.2. The van der Waals surface area contributed by atoms with Gasteiger partial charge in [-0.25, -0.2) is 9.59 Å². The Balaban J connectivity index is 1.46. The van der Waals surface area contributed by atoms with E-state index < -0.39 is 28.6 Å². The Kier molecular flexibility index (Phi) is 12.6. The molecule has 3 heterocycles. The number of hydrogen-bond donors (Lipinski definition) is 3. The lowest BCUT2D eigenvalue weighted by molar-refractivity contribution is -0.0413. The highest BCUT2D eigenvalue weighted by molar-refractivity contribution is 6.74. The second-order valence-electron chi connectivity index (χ2n) is 15.8. The summed E-state index contributed by atoms with van der Waals surface area (Å²) < 4.78 is 33.8. The number of urea groups is 1. The zero-order valence-corrected chi connectivity index (χ0v) is 33.6. The van der Waals surface area contributed by atoms with Gasteiger partial charge in [-0.15, -0.1) is 11.6 Å². The Bertz CT molecular complexity index is 1510. The minimum atomic E-state index is -2.16. The number of unbranched alkanes of at least 4 members (excludes halogenated alkanes) is 1. The number of amides is 2. The maximum Gasteiger partial charge on any atom is 0.351 e. The van der Waals surface area contributed by atoms with E-state index in [1.165, 1.54) is 4.57 Å². The molecule has 3 N–H and O–H groups in total. The molecule has 1 saturated heterocycles. The number of rotatable bonds is 14. The molecule has 4 rings (SSSR count). The third-order valence-corrected chi connectivity index (χ3v) is 19.3. The van der Waals surface area contributed by atoms with Gasteiger partial charge in [0.15, 0.2) is 34.0 Å². The van der Waals surface area contributed by atoms with E-state index in [0.717, 1.165) is 12.8 Å². The molecule has 2 aromatic rings. The van der Waals surface area contributed by atoms with Crippen LogP contribution < -0.4 is 31.1 Å². The van der Waals surface area contributed by atoms with Crippen molar-refractivity contribution in [1.82, 2.24) is 20.2 Å². The van der Waals surface area contributed by atoms with Gasteiger partial charge in [0, 0.05) is 18.8 Å². The van der Waals surface area contributed by atoms with Crippen molar-refractivity contribution in [3.05, 3.63) is 34.9 Å². The fraction of sp³-hybridized carbons (Fsp3) is 0.676. The van der Waals surface area contributed by atoms with Gasteiger partial charge < -0.3 is 39.0 Å². The zero-order valence-electron chi connectivity index (χ0n) is 30.8. The summed E-state index contributed by atoms with van der Waals surface area (Å²) in [6.07, 6.45) is 2.62. The molecule has 49 heavy (non-hydrogen) atoms. The summed E-state index contributed by atoms with van der Waals surface area (Å²) in [5.41, 5.74) is 0.0768. The number of hydrogen-bond acceptors (Lipinski definition) is 9. The van der Waals surface area contributed by atoms with Gasteiger partial charge in [0.25, 0.3) is 0 Å². The number of carbonyl (C=O) groups is 1. The number of nitrogens with zero attached hydrogens (tertiary/aromatic N) is 2. The quantitative estimate of drug-likeness (QED) is 0.0874. The molecule has 1 fully saturated rings. The van der Waals surface area contributed by atoms with Crippen LogP contribution in [0, 0.1) is 0 Å². The molecule has 1 aromatic carbocycles. The van der Waals surface area contributed by atoms with E-state index in [0.29, 0.717) is 54.9 Å². The molecule has 0 bridgehead atoms. The smallest absolute Gasteiger partial charge is 0.351 e. The molecule has 0 radical (unpaired) electrons. The lowest BCUT2D eigenvalue weighted by atomic mass is 10.2. The first-order chi connectivity index (χ1) is 22.8. The summed E-state index contributed by atoms with van der Waals surface area (Å²) in [5, 5.41) is 8.83. The lowest BCUT2D eigenvalue weighted by Gasteiger charge is -2.40. The third kappa shape index (κ3) is 9.79. The van der Waals surface area contributed by atoms with Gasteiger partial charge in [0.05, 0.1) is 25.5 Å². The molecule has 2 aliphatic heterocycles. The standard InChI is InChI=1S/C34H56ClN5O7Si2/c1-33(2,3)48(7,8)44-22-27-25(47-49(9,10)34(4,5)6)20-28(46-27)40-21-26-30(39-32(40)42)38-29-23(14-13-15-24(29)45-26)43-19-18-37-31(41)36-17-12-11-16-35/h13-15,21,25,27-28H,11-12,16-20,22H2,1-10H3,(H2,36,37,41)(H,38,39,42)/t25-,27+,28+/m0/s1. The van der Waals surface area contributed by atoms with Crippen LogP contribution in [-0.2, 0) is 13.6 Å². The van der Waals surface area contributed by atoms with Crippen LogP contribution in [0.25, 0.3) is 0 Å². The van der Waals surface area contributed by atoms with Crippen molar-refractivity contribution in [2.75, 3.05) is 37.5 Å². The highest BCUT2D eigenvalue weighted by Crippen LogP contribution is 2.46. The number of carbonyl (C=O) groups excluding carboxylic acids is 1. The molecule has 0 saturated carbocycles. The van der Waals surface area contributed by atoms with Crippen molar-refractivity contribution in [3.63, 3.8) is 0 Å². The van der Waals surface area contributed by atoms with Crippen LogP contribution in [0.5, 0.6) is 17.2 Å². The number of alkyl halides is 1. The van der Waals surface area contributed by atoms with Crippen molar-refractivity contribution in [2.45, 2.75) is 116 Å². The van der Waals surface area contributed by atoms with Crippen molar-refractivity contribution >= 4 is 45.8 Å². The normalized spacial score (nSPS) is 19.4. The second-order valence-corrected chi connectivity index (χ2v) is 25.7. The second kappa shape index (κ2) is 15.7. The van der Waals surface area contributed by atoms with E-state index in [1.54, 1.807) is 12.3 Å². The third-order valence-electron chi connectivity index (χ3n) is 10.0. The molecular weight excluding hydrogens is 682 g/mol. The van der Waals surface area contributed by atoms with Crippen molar-refractivity contribution in [1.29, 1.82) is 0 Å². The van der Waals surface area contributed by atoms with Gasteiger partial charge in [-0.2, -0.15) is 4.98 Å². The van der Waals surface area contributed by atoms with Crippen molar-refractivity contribution in [2.24, 2.45) is 0 Å². The number of para-hydroxylation sites is 1.